The molecule has 2 aliphatic heterocycles. The minimum absolute atomic E-state index is 0.130. The summed E-state index contributed by atoms with van der Waals surface area (Å²) in [7, 11) is -3.50. The van der Waals surface area contributed by atoms with E-state index < -0.39 is 10.0 Å². The minimum atomic E-state index is -3.50. The summed E-state index contributed by atoms with van der Waals surface area (Å²) in [5, 5.41) is 3.12. The molecule has 0 spiro atoms. The Labute approximate surface area is 186 Å². The fourth-order valence-corrected chi connectivity index (χ4v) is 5.74. The molecule has 1 fully saturated rings. The Bertz CT molecular complexity index is 1040. The second kappa shape index (κ2) is 9.46. The van der Waals surface area contributed by atoms with Crippen molar-refractivity contribution >= 4 is 27.7 Å². The number of hydrogen-bond acceptors (Lipinski definition) is 7. The van der Waals surface area contributed by atoms with Gasteiger partial charge >= 0.3 is 0 Å². The fraction of sp³-hybridized carbons (Fsp3) is 0.429. The number of amides is 1. The third kappa shape index (κ3) is 5.13. The lowest BCUT2D eigenvalue weighted by Gasteiger charge is -2.25. The molecule has 1 N–H and O–H groups in total. The van der Waals surface area contributed by atoms with E-state index in [-0.39, 0.29) is 22.8 Å². The highest BCUT2D eigenvalue weighted by Crippen LogP contribution is 2.32. The fourth-order valence-electron chi connectivity index (χ4n) is 3.46. The number of rotatable bonds is 7. The molecule has 31 heavy (non-hydrogen) atoms. The highest BCUT2D eigenvalue weighted by molar-refractivity contribution is 8.00. The first-order valence-corrected chi connectivity index (χ1v) is 12.5. The number of fused-ring (bicyclic) bond motifs is 1. The molecule has 2 aliphatic rings. The number of carbonyl (C=O) groups is 1. The summed E-state index contributed by atoms with van der Waals surface area (Å²) < 4.78 is 37.6. The van der Waals surface area contributed by atoms with Crippen molar-refractivity contribution in [2.24, 2.45) is 0 Å². The molecule has 1 atom stereocenters. The zero-order chi connectivity index (χ0) is 21.8. The molecule has 1 aromatic heterocycles. The number of piperidine rings is 1. The Morgan fingerprint density at radius 2 is 1.94 bits per heavy atom. The van der Waals surface area contributed by atoms with Crippen molar-refractivity contribution in [3.8, 4) is 11.5 Å². The van der Waals surface area contributed by atoms with Crippen molar-refractivity contribution < 1.29 is 22.7 Å². The Balaban J connectivity index is 1.31. The number of nitrogens with one attached hydrogen (secondary N) is 1. The van der Waals surface area contributed by atoms with Gasteiger partial charge in [0.15, 0.2) is 11.5 Å². The summed E-state index contributed by atoms with van der Waals surface area (Å²) >= 11 is 1.29. The monoisotopic (exact) mass is 463 g/mol. The quantitative estimate of drug-likeness (QED) is 0.631. The van der Waals surface area contributed by atoms with E-state index in [0.717, 1.165) is 24.8 Å². The van der Waals surface area contributed by atoms with Crippen LogP contribution in [0.25, 0.3) is 0 Å². The molecule has 1 amide bonds. The van der Waals surface area contributed by atoms with Crippen molar-refractivity contribution in [1.29, 1.82) is 0 Å². The van der Waals surface area contributed by atoms with Gasteiger partial charge in [0, 0.05) is 25.8 Å². The zero-order valence-electron chi connectivity index (χ0n) is 17.2. The number of hydrogen-bond donors (Lipinski definition) is 1. The van der Waals surface area contributed by atoms with Crippen LogP contribution in [0.3, 0.4) is 0 Å². The summed E-state index contributed by atoms with van der Waals surface area (Å²) in [4.78, 5) is 16.9. The highest BCUT2D eigenvalue weighted by atomic mass is 32.2. The molecule has 10 heteroatoms. The largest absolute Gasteiger partial charge is 0.454 e. The molecule has 8 nitrogen and oxygen atoms in total. The number of ether oxygens (including phenoxy) is 2. The number of benzene rings is 1. The van der Waals surface area contributed by atoms with Gasteiger partial charge in [0.2, 0.25) is 22.7 Å². The summed E-state index contributed by atoms with van der Waals surface area (Å²) in [6.07, 6.45) is 4.22. The molecule has 3 heterocycles. The van der Waals surface area contributed by atoms with Gasteiger partial charge in [-0.2, -0.15) is 4.31 Å². The topological polar surface area (TPSA) is 97.8 Å². The maximum Gasteiger partial charge on any atom is 0.244 e. The van der Waals surface area contributed by atoms with E-state index in [1.807, 2.05) is 18.2 Å². The van der Waals surface area contributed by atoms with Gasteiger partial charge in [-0.15, -0.1) is 0 Å². The summed E-state index contributed by atoms with van der Waals surface area (Å²) in [6.45, 7) is 3.49. The maximum atomic E-state index is 12.7. The lowest BCUT2D eigenvalue weighted by Crippen LogP contribution is -2.35. The van der Waals surface area contributed by atoms with Crippen LogP contribution in [0.15, 0.2) is 46.5 Å². The first kappa shape index (κ1) is 21.9. The number of carbonyl (C=O) groups excluding carboxylic acids is 1. The molecular formula is C21H25N3O5S2. The van der Waals surface area contributed by atoms with Crippen LogP contribution in [0, 0.1) is 0 Å². The second-order valence-corrected chi connectivity index (χ2v) is 10.8. The van der Waals surface area contributed by atoms with E-state index >= 15 is 0 Å². The molecule has 1 saturated heterocycles. The van der Waals surface area contributed by atoms with Gasteiger partial charge in [0.05, 0.1) is 10.3 Å². The smallest absolute Gasteiger partial charge is 0.244 e. The third-order valence-corrected chi connectivity index (χ3v) is 8.17. The molecular weight excluding hydrogens is 438 g/mol. The molecule has 0 radical (unpaired) electrons. The molecule has 0 unspecified atom stereocenters. The maximum absolute atomic E-state index is 12.7. The van der Waals surface area contributed by atoms with Crippen molar-refractivity contribution in [3.63, 3.8) is 0 Å². The SMILES string of the molecule is C[C@@H](Sc1ccc(S(=O)(=O)N2CCCCC2)cn1)C(=O)NCc1ccc2c(c1)OCO2. The Kier molecular flexibility index (Phi) is 6.68. The van der Waals surface area contributed by atoms with Gasteiger partial charge < -0.3 is 14.8 Å². The van der Waals surface area contributed by atoms with Crippen molar-refractivity contribution in [2.45, 2.75) is 47.9 Å². The molecule has 0 bridgehead atoms. The third-order valence-electron chi connectivity index (χ3n) is 5.23. The van der Waals surface area contributed by atoms with Gasteiger partial charge in [-0.05, 0) is 49.6 Å². The van der Waals surface area contributed by atoms with E-state index in [0.29, 0.717) is 36.2 Å². The predicted molar refractivity (Wildman–Crippen MR) is 117 cm³/mol. The summed E-state index contributed by atoms with van der Waals surface area (Å²) in [6, 6.07) is 8.78. The summed E-state index contributed by atoms with van der Waals surface area (Å²) in [5.74, 6) is 1.25. The van der Waals surface area contributed by atoms with Crippen molar-refractivity contribution in [2.75, 3.05) is 19.9 Å². The predicted octanol–water partition coefficient (Wildman–Crippen LogP) is 2.78. The van der Waals surface area contributed by atoms with Crippen LogP contribution in [-0.2, 0) is 21.4 Å². The average molecular weight is 464 g/mol. The Morgan fingerprint density at radius 1 is 1.16 bits per heavy atom. The van der Waals surface area contributed by atoms with Crippen LogP contribution in [-0.4, -0.2) is 48.7 Å². The first-order valence-electron chi connectivity index (χ1n) is 10.2. The van der Waals surface area contributed by atoms with Crippen molar-refractivity contribution in [3.05, 3.63) is 42.1 Å². The zero-order valence-corrected chi connectivity index (χ0v) is 18.9. The van der Waals surface area contributed by atoms with Gasteiger partial charge in [-0.3, -0.25) is 4.79 Å². The van der Waals surface area contributed by atoms with E-state index in [2.05, 4.69) is 10.3 Å². The Hall–Kier alpha value is -2.30. The van der Waals surface area contributed by atoms with Crippen LogP contribution in [0.1, 0.15) is 31.7 Å². The van der Waals surface area contributed by atoms with Crippen molar-refractivity contribution in [1.82, 2.24) is 14.6 Å². The minimum Gasteiger partial charge on any atom is -0.454 e. The van der Waals surface area contributed by atoms with Gasteiger partial charge in [-0.1, -0.05) is 24.2 Å². The lowest BCUT2D eigenvalue weighted by molar-refractivity contribution is -0.120. The molecule has 4 rings (SSSR count). The van der Waals surface area contributed by atoms with E-state index in [9.17, 15) is 13.2 Å². The molecule has 2 aromatic rings. The van der Waals surface area contributed by atoms with E-state index in [1.165, 1.54) is 22.3 Å². The molecule has 0 aliphatic carbocycles. The van der Waals surface area contributed by atoms with Crippen LogP contribution >= 0.6 is 11.8 Å². The summed E-state index contributed by atoms with van der Waals surface area (Å²) in [5.41, 5.74) is 0.917. The van der Waals surface area contributed by atoms with E-state index in [1.54, 1.807) is 19.1 Å². The molecule has 1 aromatic carbocycles. The molecule has 0 saturated carbocycles. The van der Waals surface area contributed by atoms with Crippen LogP contribution in [0.4, 0.5) is 0 Å². The van der Waals surface area contributed by atoms with Gasteiger partial charge in [0.1, 0.15) is 4.90 Å². The first-order chi connectivity index (χ1) is 14.9. The number of pyridine rings is 1. The number of thioether (sulfide) groups is 1. The standard InChI is InChI=1S/C21H25N3O5S2/c1-15(21(25)23-12-16-5-7-18-19(11-16)29-14-28-18)30-20-8-6-17(13-22-20)31(26,27)24-9-3-2-4-10-24/h5-8,11,13,15H,2-4,9-10,12,14H2,1H3,(H,23,25)/t15-/m1/s1. The van der Waals surface area contributed by atoms with E-state index in [4.69, 9.17) is 9.47 Å². The number of aromatic nitrogens is 1. The molecule has 166 valence electrons. The van der Waals surface area contributed by atoms with Crippen LogP contribution in [0.2, 0.25) is 0 Å². The number of sulfonamides is 1. The normalized spacial score (nSPS) is 17.3. The highest BCUT2D eigenvalue weighted by Gasteiger charge is 2.26. The lowest BCUT2D eigenvalue weighted by atomic mass is 10.2. The van der Waals surface area contributed by atoms with Crippen LogP contribution < -0.4 is 14.8 Å². The second-order valence-electron chi connectivity index (χ2n) is 7.46. The Morgan fingerprint density at radius 3 is 2.68 bits per heavy atom. The van der Waals surface area contributed by atoms with Gasteiger partial charge in [0.25, 0.3) is 0 Å². The number of nitrogens with zero attached hydrogens (tertiary/aromatic N) is 2. The van der Waals surface area contributed by atoms with Crippen LogP contribution in [0.5, 0.6) is 11.5 Å². The van der Waals surface area contributed by atoms with Gasteiger partial charge in [-0.25, -0.2) is 13.4 Å². The average Bonchev–Trinajstić information content (AvgIpc) is 3.26.